The van der Waals surface area contributed by atoms with E-state index >= 15 is 0 Å². The molecule has 0 atom stereocenters. The fourth-order valence-corrected chi connectivity index (χ4v) is 3.38. The minimum absolute atomic E-state index is 0.284. The number of carbonyl (C=O) groups is 2. The van der Waals surface area contributed by atoms with E-state index in [1.807, 2.05) is 30.3 Å². The third kappa shape index (κ3) is 7.09. The summed E-state index contributed by atoms with van der Waals surface area (Å²) in [5, 5.41) is 0. The molecule has 0 heterocycles. The van der Waals surface area contributed by atoms with Crippen molar-refractivity contribution in [2.24, 2.45) is 0 Å². The minimum Gasteiger partial charge on any atom is -0.462 e. The van der Waals surface area contributed by atoms with Crippen molar-refractivity contribution >= 4 is 11.9 Å². The summed E-state index contributed by atoms with van der Waals surface area (Å²) in [5.74, 6) is -0.187. The Morgan fingerprint density at radius 3 is 1.84 bits per heavy atom. The maximum atomic E-state index is 12.2. The van der Waals surface area contributed by atoms with Gasteiger partial charge in [0.2, 0.25) is 0 Å². The molecule has 0 aliphatic heterocycles. The molecule has 3 aromatic rings. The first-order chi connectivity index (χ1) is 15.7. The molecular weight excluding hydrogens is 400 g/mol. The van der Waals surface area contributed by atoms with E-state index in [1.54, 1.807) is 48.5 Å². The molecule has 0 aliphatic carbocycles. The average Bonchev–Trinajstić information content (AvgIpc) is 2.84. The highest BCUT2D eigenvalue weighted by atomic mass is 16.5. The van der Waals surface area contributed by atoms with Gasteiger partial charge in [-0.05, 0) is 53.9 Å². The van der Waals surface area contributed by atoms with Crippen LogP contribution in [0.25, 0.3) is 11.1 Å². The van der Waals surface area contributed by atoms with Crippen molar-refractivity contribution in [3.63, 3.8) is 0 Å². The number of unbranched alkanes of at least 4 members (excludes halogenated alkanes) is 5. The Morgan fingerprint density at radius 1 is 0.625 bits per heavy atom. The van der Waals surface area contributed by atoms with E-state index in [0.717, 1.165) is 24.0 Å². The van der Waals surface area contributed by atoms with Crippen molar-refractivity contribution in [2.45, 2.75) is 45.4 Å². The summed E-state index contributed by atoms with van der Waals surface area (Å²) in [6.45, 7) is 2.67. The molecule has 0 N–H and O–H groups in total. The van der Waals surface area contributed by atoms with E-state index in [-0.39, 0.29) is 11.9 Å². The van der Waals surface area contributed by atoms with Crippen LogP contribution in [-0.2, 0) is 4.74 Å². The number of rotatable bonds is 11. The molecule has 0 radical (unpaired) electrons. The largest absolute Gasteiger partial charge is 0.462 e. The zero-order chi connectivity index (χ0) is 22.6. The lowest BCUT2D eigenvalue weighted by atomic mass is 10.0. The lowest BCUT2D eigenvalue weighted by Crippen LogP contribution is -2.07. The van der Waals surface area contributed by atoms with Crippen LogP contribution in [0.15, 0.2) is 78.9 Å². The summed E-state index contributed by atoms with van der Waals surface area (Å²) in [7, 11) is 0. The number of hydrogen-bond donors (Lipinski definition) is 0. The third-order valence-corrected chi connectivity index (χ3v) is 5.26. The van der Waals surface area contributed by atoms with Gasteiger partial charge in [0.05, 0.1) is 17.7 Å². The van der Waals surface area contributed by atoms with Crippen LogP contribution in [0.4, 0.5) is 0 Å². The molecule has 0 aromatic heterocycles. The molecule has 4 heteroatoms. The molecule has 0 amide bonds. The molecule has 3 rings (SSSR count). The average molecular weight is 431 g/mol. The molecule has 0 fully saturated rings. The normalized spacial score (nSPS) is 10.5. The molecule has 0 bridgehead atoms. The standard InChI is InChI=1S/C28H30O4/c1-2-3-4-5-6-10-21-31-27(29)25-15-13-22(14-16-25)23-17-19-26(20-18-23)32-28(30)24-11-8-7-9-12-24/h7-9,11-20H,2-6,10,21H2,1H3. The van der Waals surface area contributed by atoms with Gasteiger partial charge in [-0.3, -0.25) is 0 Å². The summed E-state index contributed by atoms with van der Waals surface area (Å²) < 4.78 is 10.8. The number of ether oxygens (including phenoxy) is 2. The Morgan fingerprint density at radius 2 is 1.19 bits per heavy atom. The van der Waals surface area contributed by atoms with Crippen molar-refractivity contribution in [2.75, 3.05) is 6.61 Å². The zero-order valence-electron chi connectivity index (χ0n) is 18.6. The molecule has 0 unspecified atom stereocenters. The summed E-state index contributed by atoms with van der Waals surface area (Å²) in [4.78, 5) is 24.4. The van der Waals surface area contributed by atoms with Crippen LogP contribution in [0.2, 0.25) is 0 Å². The van der Waals surface area contributed by atoms with Gasteiger partial charge >= 0.3 is 11.9 Å². The molecule has 0 aliphatic rings. The van der Waals surface area contributed by atoms with E-state index in [0.29, 0.717) is 23.5 Å². The Hall–Kier alpha value is -3.40. The second-order valence-corrected chi connectivity index (χ2v) is 7.76. The van der Waals surface area contributed by atoms with Crippen LogP contribution in [0, 0.1) is 0 Å². The summed E-state index contributed by atoms with van der Waals surface area (Å²) >= 11 is 0. The first-order valence-electron chi connectivity index (χ1n) is 11.3. The monoisotopic (exact) mass is 430 g/mol. The molecular formula is C28H30O4. The number of esters is 2. The summed E-state index contributed by atoms with van der Waals surface area (Å²) in [6, 6.07) is 23.5. The maximum absolute atomic E-state index is 12.2. The highest BCUT2D eigenvalue weighted by Crippen LogP contribution is 2.23. The van der Waals surface area contributed by atoms with Crippen LogP contribution in [-0.4, -0.2) is 18.5 Å². The predicted molar refractivity (Wildman–Crippen MR) is 127 cm³/mol. The van der Waals surface area contributed by atoms with Gasteiger partial charge in [-0.15, -0.1) is 0 Å². The Bertz CT molecular complexity index is 976. The molecule has 0 saturated heterocycles. The first-order valence-corrected chi connectivity index (χ1v) is 11.3. The van der Waals surface area contributed by atoms with Crippen molar-refractivity contribution in [3.05, 3.63) is 90.0 Å². The Balaban J connectivity index is 1.49. The highest BCUT2D eigenvalue weighted by molar-refractivity contribution is 5.91. The molecule has 4 nitrogen and oxygen atoms in total. The number of carbonyl (C=O) groups excluding carboxylic acids is 2. The lowest BCUT2D eigenvalue weighted by Gasteiger charge is -2.08. The molecule has 0 spiro atoms. The SMILES string of the molecule is CCCCCCCCOC(=O)c1ccc(-c2ccc(OC(=O)c3ccccc3)cc2)cc1. The van der Waals surface area contributed by atoms with Crippen LogP contribution in [0.3, 0.4) is 0 Å². The van der Waals surface area contributed by atoms with Gasteiger partial charge in [0.15, 0.2) is 0 Å². The quantitative estimate of drug-likeness (QED) is 0.185. The van der Waals surface area contributed by atoms with Gasteiger partial charge in [-0.2, -0.15) is 0 Å². The smallest absolute Gasteiger partial charge is 0.343 e. The van der Waals surface area contributed by atoms with Gasteiger partial charge < -0.3 is 9.47 Å². The minimum atomic E-state index is -0.387. The van der Waals surface area contributed by atoms with Crippen LogP contribution in [0.1, 0.15) is 66.2 Å². The summed E-state index contributed by atoms with van der Waals surface area (Å²) in [5.41, 5.74) is 3.00. The lowest BCUT2D eigenvalue weighted by molar-refractivity contribution is 0.0497. The zero-order valence-corrected chi connectivity index (χ0v) is 18.6. The number of benzene rings is 3. The highest BCUT2D eigenvalue weighted by Gasteiger charge is 2.09. The van der Waals surface area contributed by atoms with Gasteiger partial charge in [-0.1, -0.05) is 81.5 Å². The predicted octanol–water partition coefficient (Wildman–Crippen LogP) is 7.09. The van der Waals surface area contributed by atoms with Crippen molar-refractivity contribution < 1.29 is 19.1 Å². The van der Waals surface area contributed by atoms with Crippen molar-refractivity contribution in [1.29, 1.82) is 0 Å². The van der Waals surface area contributed by atoms with Gasteiger partial charge in [-0.25, -0.2) is 9.59 Å². The maximum Gasteiger partial charge on any atom is 0.343 e. The fourth-order valence-electron chi connectivity index (χ4n) is 3.38. The van der Waals surface area contributed by atoms with E-state index in [4.69, 9.17) is 9.47 Å². The van der Waals surface area contributed by atoms with Gasteiger partial charge in [0.25, 0.3) is 0 Å². The van der Waals surface area contributed by atoms with Crippen molar-refractivity contribution in [3.8, 4) is 16.9 Å². The van der Waals surface area contributed by atoms with Crippen LogP contribution >= 0.6 is 0 Å². The van der Waals surface area contributed by atoms with E-state index in [2.05, 4.69) is 6.92 Å². The molecule has 0 saturated carbocycles. The fraction of sp³-hybridized carbons (Fsp3) is 0.286. The second-order valence-electron chi connectivity index (χ2n) is 7.76. The summed E-state index contributed by atoms with van der Waals surface area (Å²) in [6.07, 6.45) is 6.97. The Kier molecular flexibility index (Phi) is 9.05. The van der Waals surface area contributed by atoms with E-state index in [1.165, 1.54) is 25.7 Å². The first kappa shape index (κ1) is 23.3. The topological polar surface area (TPSA) is 52.6 Å². The second kappa shape index (κ2) is 12.5. The van der Waals surface area contributed by atoms with Crippen LogP contribution < -0.4 is 4.74 Å². The molecule has 3 aromatic carbocycles. The van der Waals surface area contributed by atoms with Gasteiger partial charge in [0, 0.05) is 0 Å². The molecule has 166 valence electrons. The van der Waals surface area contributed by atoms with Gasteiger partial charge in [0.1, 0.15) is 5.75 Å². The Labute approximate surface area is 190 Å². The number of hydrogen-bond acceptors (Lipinski definition) is 4. The van der Waals surface area contributed by atoms with E-state index < -0.39 is 0 Å². The van der Waals surface area contributed by atoms with E-state index in [9.17, 15) is 9.59 Å². The molecule has 32 heavy (non-hydrogen) atoms. The third-order valence-electron chi connectivity index (χ3n) is 5.26. The van der Waals surface area contributed by atoms with Crippen LogP contribution in [0.5, 0.6) is 5.75 Å². The van der Waals surface area contributed by atoms with Crippen molar-refractivity contribution in [1.82, 2.24) is 0 Å².